The molecule has 3 N–H and O–H groups in total. The number of ether oxygens (including phenoxy) is 1. The van der Waals surface area contributed by atoms with E-state index in [2.05, 4.69) is 20.4 Å². The lowest BCUT2D eigenvalue weighted by atomic mass is 9.39. The van der Waals surface area contributed by atoms with Gasteiger partial charge in [-0.1, -0.05) is 26.8 Å². The Morgan fingerprint density at radius 2 is 2.00 bits per heavy atom. The van der Waals surface area contributed by atoms with Gasteiger partial charge in [-0.3, -0.25) is 9.59 Å². The van der Waals surface area contributed by atoms with Gasteiger partial charge in [0, 0.05) is 31.4 Å². The van der Waals surface area contributed by atoms with Gasteiger partial charge in [-0.2, -0.15) is 0 Å². The molecule has 4 aliphatic carbocycles. The van der Waals surface area contributed by atoms with E-state index in [0.717, 1.165) is 19.3 Å². The number of hydrogen-bond acceptors (Lipinski definition) is 6. The minimum absolute atomic E-state index is 0.00436. The minimum atomic E-state index is -1.44. The lowest BCUT2D eigenvalue weighted by Crippen LogP contribution is -2.68. The van der Waals surface area contributed by atoms with E-state index in [1.165, 1.54) is 6.92 Å². The summed E-state index contributed by atoms with van der Waals surface area (Å²) in [7, 11) is 0. The van der Waals surface area contributed by atoms with Crippen molar-refractivity contribution in [2.24, 2.45) is 28.1 Å². The number of carbonyl (C=O) groups is 2. The summed E-state index contributed by atoms with van der Waals surface area (Å²) in [6.45, 7) is 9.39. The normalized spacial score (nSPS) is 52.8. The lowest BCUT2D eigenvalue weighted by Gasteiger charge is -2.66. The molecule has 4 saturated carbocycles. The topological polar surface area (TPSA) is 104 Å². The van der Waals surface area contributed by atoms with Gasteiger partial charge in [0.25, 0.3) is 0 Å². The van der Waals surface area contributed by atoms with E-state index in [0.29, 0.717) is 6.42 Å². The number of hydrogen-bond donors (Lipinski definition) is 3. The molecular formula is C22H32O6. The Morgan fingerprint density at radius 1 is 1.32 bits per heavy atom. The highest BCUT2D eigenvalue weighted by Gasteiger charge is 2.76. The Kier molecular flexibility index (Phi) is 4.22. The van der Waals surface area contributed by atoms with Crippen LogP contribution < -0.4 is 0 Å². The minimum Gasteiger partial charge on any atom is -0.462 e. The summed E-state index contributed by atoms with van der Waals surface area (Å²) >= 11 is 0. The van der Waals surface area contributed by atoms with Gasteiger partial charge in [0.2, 0.25) is 0 Å². The van der Waals surface area contributed by atoms with Gasteiger partial charge in [-0.25, -0.2) is 0 Å². The second kappa shape index (κ2) is 5.89. The van der Waals surface area contributed by atoms with Crippen LogP contribution in [0.15, 0.2) is 12.2 Å². The van der Waals surface area contributed by atoms with Gasteiger partial charge in [0.1, 0.15) is 6.10 Å². The van der Waals surface area contributed by atoms with Gasteiger partial charge in [-0.15, -0.1) is 0 Å². The zero-order valence-corrected chi connectivity index (χ0v) is 17.0. The molecule has 1 spiro atoms. The van der Waals surface area contributed by atoms with Crippen LogP contribution in [0.4, 0.5) is 0 Å². The SMILES string of the molecule is C=C1C(=O)C23CC1(O)CC(OC(C)=O)C2C1(C)CCCC(C)(CO)C1CC3O. The molecule has 0 aromatic carbocycles. The summed E-state index contributed by atoms with van der Waals surface area (Å²) in [5.74, 6) is -1.15. The fourth-order valence-electron chi connectivity index (χ4n) is 7.77. The Bertz CT molecular complexity index is 747. The van der Waals surface area contributed by atoms with Crippen LogP contribution in [0.25, 0.3) is 0 Å². The van der Waals surface area contributed by atoms with Crippen molar-refractivity contribution in [2.75, 3.05) is 6.61 Å². The molecule has 0 radical (unpaired) electrons. The molecule has 0 aromatic heterocycles. The number of rotatable bonds is 2. The third-order valence-corrected chi connectivity index (χ3v) is 8.85. The van der Waals surface area contributed by atoms with E-state index in [9.17, 15) is 24.9 Å². The molecular weight excluding hydrogens is 360 g/mol. The number of esters is 1. The highest BCUT2D eigenvalue weighted by molar-refractivity contribution is 6.05. The fraction of sp³-hybridized carbons (Fsp3) is 0.818. The quantitative estimate of drug-likeness (QED) is 0.489. The maximum Gasteiger partial charge on any atom is 0.302 e. The molecule has 0 aliphatic heterocycles. The number of ketones is 1. The van der Waals surface area contributed by atoms with Crippen LogP contribution in [0.2, 0.25) is 0 Å². The van der Waals surface area contributed by atoms with Gasteiger partial charge >= 0.3 is 5.97 Å². The van der Waals surface area contributed by atoms with E-state index in [-0.39, 0.29) is 42.1 Å². The maximum atomic E-state index is 13.4. The van der Waals surface area contributed by atoms with Crippen molar-refractivity contribution in [3.05, 3.63) is 12.2 Å². The van der Waals surface area contributed by atoms with Crippen LogP contribution in [0.3, 0.4) is 0 Å². The van der Waals surface area contributed by atoms with Crippen LogP contribution >= 0.6 is 0 Å². The molecule has 4 aliphatic rings. The van der Waals surface area contributed by atoms with Crippen molar-refractivity contribution in [2.45, 2.75) is 77.1 Å². The second-order valence-electron chi connectivity index (χ2n) is 10.4. The highest BCUT2D eigenvalue weighted by atomic mass is 16.5. The van der Waals surface area contributed by atoms with Crippen LogP contribution in [-0.2, 0) is 14.3 Å². The summed E-state index contributed by atoms with van der Waals surface area (Å²) in [4.78, 5) is 25.3. The van der Waals surface area contributed by atoms with Gasteiger partial charge in [-0.05, 0) is 42.4 Å². The van der Waals surface area contributed by atoms with E-state index in [1.54, 1.807) is 0 Å². The van der Waals surface area contributed by atoms with Gasteiger partial charge < -0.3 is 20.1 Å². The molecule has 2 bridgehead atoms. The van der Waals surface area contributed by atoms with Crippen molar-refractivity contribution < 1.29 is 29.6 Å². The van der Waals surface area contributed by atoms with E-state index >= 15 is 0 Å². The van der Waals surface area contributed by atoms with Crippen molar-refractivity contribution in [1.82, 2.24) is 0 Å². The summed E-state index contributed by atoms with van der Waals surface area (Å²) in [5, 5.41) is 32.7. The van der Waals surface area contributed by atoms with Gasteiger partial charge in [0.05, 0.1) is 17.1 Å². The Balaban J connectivity index is 1.91. The van der Waals surface area contributed by atoms with Crippen LogP contribution in [-0.4, -0.2) is 51.5 Å². The largest absolute Gasteiger partial charge is 0.462 e. The molecule has 4 rings (SSSR count). The molecule has 0 aromatic rings. The van der Waals surface area contributed by atoms with E-state index in [4.69, 9.17) is 4.74 Å². The van der Waals surface area contributed by atoms with Crippen LogP contribution in [0, 0.1) is 28.1 Å². The van der Waals surface area contributed by atoms with E-state index < -0.39 is 40.5 Å². The van der Waals surface area contributed by atoms with Gasteiger partial charge in [0.15, 0.2) is 5.78 Å². The summed E-state index contributed by atoms with van der Waals surface area (Å²) in [6.07, 6.45) is 1.64. The molecule has 0 saturated heterocycles. The first-order chi connectivity index (χ1) is 12.9. The lowest BCUT2D eigenvalue weighted by molar-refractivity contribution is -0.245. The predicted molar refractivity (Wildman–Crippen MR) is 101 cm³/mol. The Hall–Kier alpha value is -1.24. The smallest absolute Gasteiger partial charge is 0.302 e. The number of aliphatic hydroxyl groups excluding tert-OH is 2. The summed E-state index contributed by atoms with van der Waals surface area (Å²) in [5.41, 5.74) is -3.23. The first kappa shape index (κ1) is 20.0. The predicted octanol–water partition coefficient (Wildman–Crippen LogP) is 1.75. The monoisotopic (exact) mass is 392 g/mol. The zero-order valence-electron chi connectivity index (χ0n) is 17.0. The standard InChI is InChI=1S/C22H32O6/c1-12-18(26)22-10-21(12,27)9-14(28-13(2)24)17(22)20(4)7-5-6-19(3,11-23)15(20)8-16(22)25/h14-17,23,25,27H,1,5-11H2,2-4H3. The molecule has 4 fully saturated rings. The van der Waals surface area contributed by atoms with Crippen molar-refractivity contribution in [3.63, 3.8) is 0 Å². The first-order valence-corrected chi connectivity index (χ1v) is 10.4. The summed E-state index contributed by atoms with van der Waals surface area (Å²) in [6, 6.07) is 0. The third-order valence-electron chi connectivity index (χ3n) is 8.85. The van der Waals surface area contributed by atoms with Crippen LogP contribution in [0.5, 0.6) is 0 Å². The first-order valence-electron chi connectivity index (χ1n) is 10.4. The Labute approximate surface area is 166 Å². The molecule has 6 heteroatoms. The second-order valence-corrected chi connectivity index (χ2v) is 10.4. The summed E-state index contributed by atoms with van der Waals surface area (Å²) < 4.78 is 5.70. The zero-order chi connectivity index (χ0) is 20.7. The molecule has 8 atom stereocenters. The Morgan fingerprint density at radius 3 is 2.61 bits per heavy atom. The van der Waals surface area contributed by atoms with Crippen molar-refractivity contribution >= 4 is 11.8 Å². The third kappa shape index (κ3) is 2.25. The van der Waals surface area contributed by atoms with Crippen molar-refractivity contribution in [1.29, 1.82) is 0 Å². The average Bonchev–Trinajstić information content (AvgIpc) is 2.75. The molecule has 28 heavy (non-hydrogen) atoms. The molecule has 0 amide bonds. The van der Waals surface area contributed by atoms with E-state index in [1.807, 2.05) is 0 Å². The molecule has 8 unspecified atom stereocenters. The van der Waals surface area contributed by atoms with Crippen molar-refractivity contribution in [3.8, 4) is 0 Å². The fourth-order valence-corrected chi connectivity index (χ4v) is 7.77. The molecule has 0 heterocycles. The average molecular weight is 392 g/mol. The molecule has 156 valence electrons. The number of Topliss-reactive ketones (excluding diaryl/α,β-unsaturated/α-hetero) is 1. The highest BCUT2D eigenvalue weighted by Crippen LogP contribution is 2.72. The maximum absolute atomic E-state index is 13.4. The number of carbonyl (C=O) groups excluding carboxylic acids is 2. The number of aliphatic hydroxyl groups is 3. The van der Waals surface area contributed by atoms with Crippen LogP contribution in [0.1, 0.15) is 59.3 Å². The molecule has 6 nitrogen and oxygen atoms in total. The number of fused-ring (bicyclic) bond motifs is 3.